The highest BCUT2D eigenvalue weighted by atomic mass is 16.5. The predicted octanol–water partition coefficient (Wildman–Crippen LogP) is 3.59. The van der Waals surface area contributed by atoms with Gasteiger partial charge in [-0.3, -0.25) is 4.79 Å². The number of nitrogens with zero attached hydrogens (tertiary/aromatic N) is 1. The van der Waals surface area contributed by atoms with Crippen molar-refractivity contribution in [2.75, 3.05) is 42.8 Å². The van der Waals surface area contributed by atoms with Gasteiger partial charge in [0.05, 0.1) is 12.3 Å². The van der Waals surface area contributed by atoms with E-state index in [0.717, 1.165) is 11.4 Å². The van der Waals surface area contributed by atoms with Gasteiger partial charge >= 0.3 is 0 Å². The van der Waals surface area contributed by atoms with Gasteiger partial charge in [-0.1, -0.05) is 12.1 Å². The fourth-order valence-electron chi connectivity index (χ4n) is 2.26. The molecule has 0 saturated carbocycles. The zero-order chi connectivity index (χ0) is 17.4. The van der Waals surface area contributed by atoms with Gasteiger partial charge in [0.2, 0.25) is 5.91 Å². The molecule has 0 heterocycles. The SMILES string of the molecule is CCOc1ccccc1NC(=O)CCNc1ccc(N(C)C)cc1. The van der Waals surface area contributed by atoms with Crippen LogP contribution in [0.2, 0.25) is 0 Å². The second-order valence-electron chi connectivity index (χ2n) is 5.60. The molecule has 2 rings (SSSR count). The first kappa shape index (κ1) is 17.7. The second-order valence-corrected chi connectivity index (χ2v) is 5.60. The minimum Gasteiger partial charge on any atom is -0.492 e. The van der Waals surface area contributed by atoms with Crippen molar-refractivity contribution in [1.82, 2.24) is 0 Å². The maximum absolute atomic E-state index is 12.1. The van der Waals surface area contributed by atoms with Crippen LogP contribution >= 0.6 is 0 Å². The highest BCUT2D eigenvalue weighted by Crippen LogP contribution is 2.23. The standard InChI is InChI=1S/C19H25N3O2/c1-4-24-18-8-6-5-7-17(18)21-19(23)13-14-20-15-9-11-16(12-10-15)22(2)3/h5-12,20H,4,13-14H2,1-3H3,(H,21,23). The molecule has 5 heteroatoms. The van der Waals surface area contributed by atoms with Crippen LogP contribution in [-0.4, -0.2) is 33.2 Å². The van der Waals surface area contributed by atoms with Crippen molar-refractivity contribution in [2.45, 2.75) is 13.3 Å². The molecule has 1 amide bonds. The van der Waals surface area contributed by atoms with Crippen LogP contribution < -0.4 is 20.3 Å². The minimum atomic E-state index is -0.0421. The first-order valence-corrected chi connectivity index (χ1v) is 8.13. The third kappa shape index (κ3) is 5.19. The predicted molar refractivity (Wildman–Crippen MR) is 100 cm³/mol. The smallest absolute Gasteiger partial charge is 0.226 e. The third-order valence-electron chi connectivity index (χ3n) is 3.53. The topological polar surface area (TPSA) is 53.6 Å². The number of carbonyl (C=O) groups excluding carboxylic acids is 1. The van der Waals surface area contributed by atoms with E-state index in [1.807, 2.05) is 74.4 Å². The molecule has 0 atom stereocenters. The first-order valence-electron chi connectivity index (χ1n) is 8.13. The highest BCUT2D eigenvalue weighted by molar-refractivity contribution is 5.92. The van der Waals surface area contributed by atoms with Crippen molar-refractivity contribution >= 4 is 23.0 Å². The molecule has 0 bridgehead atoms. The van der Waals surface area contributed by atoms with Crippen LogP contribution in [0.4, 0.5) is 17.1 Å². The summed E-state index contributed by atoms with van der Waals surface area (Å²) in [5.74, 6) is 0.653. The van der Waals surface area contributed by atoms with Gasteiger partial charge in [-0.2, -0.15) is 0 Å². The number of benzene rings is 2. The van der Waals surface area contributed by atoms with E-state index in [2.05, 4.69) is 10.6 Å². The summed E-state index contributed by atoms with van der Waals surface area (Å²) >= 11 is 0. The molecule has 2 aromatic rings. The van der Waals surface area contributed by atoms with E-state index >= 15 is 0 Å². The fraction of sp³-hybridized carbons (Fsp3) is 0.316. The lowest BCUT2D eigenvalue weighted by Crippen LogP contribution is -2.17. The Balaban J connectivity index is 1.81. The summed E-state index contributed by atoms with van der Waals surface area (Å²) in [6.45, 7) is 3.06. The Kier molecular flexibility index (Phi) is 6.49. The van der Waals surface area contributed by atoms with Gasteiger partial charge in [0.1, 0.15) is 5.75 Å². The molecule has 0 unspecified atom stereocenters. The largest absolute Gasteiger partial charge is 0.492 e. The number of para-hydroxylation sites is 2. The number of rotatable bonds is 8. The molecule has 24 heavy (non-hydrogen) atoms. The molecule has 0 spiro atoms. The zero-order valence-electron chi connectivity index (χ0n) is 14.5. The minimum absolute atomic E-state index is 0.0421. The van der Waals surface area contributed by atoms with E-state index in [1.54, 1.807) is 0 Å². The van der Waals surface area contributed by atoms with Crippen LogP contribution in [0.5, 0.6) is 5.75 Å². The Bertz CT molecular complexity index is 654. The van der Waals surface area contributed by atoms with Crippen molar-refractivity contribution in [3.63, 3.8) is 0 Å². The Morgan fingerprint density at radius 3 is 2.46 bits per heavy atom. The van der Waals surface area contributed by atoms with Gasteiger partial charge in [-0.15, -0.1) is 0 Å². The van der Waals surface area contributed by atoms with Gasteiger partial charge in [-0.05, 0) is 43.3 Å². The summed E-state index contributed by atoms with van der Waals surface area (Å²) in [6, 6.07) is 15.6. The van der Waals surface area contributed by atoms with Crippen molar-refractivity contribution in [1.29, 1.82) is 0 Å². The van der Waals surface area contributed by atoms with Crippen molar-refractivity contribution in [2.24, 2.45) is 0 Å². The van der Waals surface area contributed by atoms with Crippen LogP contribution in [-0.2, 0) is 4.79 Å². The van der Waals surface area contributed by atoms with E-state index in [1.165, 1.54) is 0 Å². The summed E-state index contributed by atoms with van der Waals surface area (Å²) < 4.78 is 5.51. The Hall–Kier alpha value is -2.69. The number of ether oxygens (including phenoxy) is 1. The average Bonchev–Trinajstić information content (AvgIpc) is 2.57. The molecule has 0 radical (unpaired) electrons. The lowest BCUT2D eigenvalue weighted by atomic mass is 10.2. The number of amides is 1. The molecule has 0 aromatic heterocycles. The molecule has 128 valence electrons. The van der Waals surface area contributed by atoms with Crippen LogP contribution in [0, 0.1) is 0 Å². The molecule has 5 nitrogen and oxygen atoms in total. The molecule has 0 aliphatic rings. The van der Waals surface area contributed by atoms with Gasteiger partial charge in [0, 0.05) is 38.4 Å². The number of carbonyl (C=O) groups is 1. The Morgan fingerprint density at radius 2 is 1.79 bits per heavy atom. The van der Waals surface area contributed by atoms with E-state index in [-0.39, 0.29) is 5.91 Å². The van der Waals surface area contributed by atoms with Crippen LogP contribution in [0.3, 0.4) is 0 Å². The number of hydrogen-bond acceptors (Lipinski definition) is 4. The van der Waals surface area contributed by atoms with E-state index in [9.17, 15) is 4.79 Å². The van der Waals surface area contributed by atoms with Gasteiger partial charge in [0.15, 0.2) is 0 Å². The first-order chi connectivity index (χ1) is 11.6. The van der Waals surface area contributed by atoms with Crippen molar-refractivity contribution in [3.8, 4) is 5.75 Å². The molecule has 2 aromatic carbocycles. The molecule has 0 saturated heterocycles. The monoisotopic (exact) mass is 327 g/mol. The number of nitrogens with one attached hydrogen (secondary N) is 2. The molecular formula is C19H25N3O2. The second kappa shape index (κ2) is 8.82. The van der Waals surface area contributed by atoms with Gasteiger partial charge in [0.25, 0.3) is 0 Å². The Morgan fingerprint density at radius 1 is 1.08 bits per heavy atom. The highest BCUT2D eigenvalue weighted by Gasteiger charge is 2.07. The average molecular weight is 327 g/mol. The lowest BCUT2D eigenvalue weighted by Gasteiger charge is -2.14. The maximum Gasteiger partial charge on any atom is 0.226 e. The molecule has 0 fully saturated rings. The van der Waals surface area contributed by atoms with Crippen LogP contribution in [0.15, 0.2) is 48.5 Å². The lowest BCUT2D eigenvalue weighted by molar-refractivity contribution is -0.116. The number of anilines is 3. The van der Waals surface area contributed by atoms with E-state index < -0.39 is 0 Å². The summed E-state index contributed by atoms with van der Waals surface area (Å²) in [5, 5.41) is 6.15. The summed E-state index contributed by atoms with van der Waals surface area (Å²) in [7, 11) is 4.01. The van der Waals surface area contributed by atoms with Crippen molar-refractivity contribution in [3.05, 3.63) is 48.5 Å². The molecule has 0 aliphatic heterocycles. The quantitative estimate of drug-likeness (QED) is 0.778. The summed E-state index contributed by atoms with van der Waals surface area (Å²) in [6.07, 6.45) is 0.385. The van der Waals surface area contributed by atoms with Crippen LogP contribution in [0.1, 0.15) is 13.3 Å². The molecular weight excluding hydrogens is 302 g/mol. The maximum atomic E-state index is 12.1. The summed E-state index contributed by atoms with van der Waals surface area (Å²) in [4.78, 5) is 14.1. The Labute approximate surface area is 143 Å². The third-order valence-corrected chi connectivity index (χ3v) is 3.53. The van der Waals surface area contributed by atoms with Crippen LogP contribution in [0.25, 0.3) is 0 Å². The van der Waals surface area contributed by atoms with Crippen molar-refractivity contribution < 1.29 is 9.53 Å². The molecule has 2 N–H and O–H groups in total. The van der Waals surface area contributed by atoms with E-state index in [0.29, 0.717) is 31.0 Å². The van der Waals surface area contributed by atoms with Gasteiger partial charge in [-0.25, -0.2) is 0 Å². The van der Waals surface area contributed by atoms with E-state index in [4.69, 9.17) is 4.74 Å². The fourth-order valence-corrected chi connectivity index (χ4v) is 2.26. The number of hydrogen-bond donors (Lipinski definition) is 2. The van der Waals surface area contributed by atoms with Gasteiger partial charge < -0.3 is 20.3 Å². The normalized spacial score (nSPS) is 10.1. The molecule has 0 aliphatic carbocycles. The zero-order valence-corrected chi connectivity index (χ0v) is 14.5. The summed E-state index contributed by atoms with van der Waals surface area (Å²) in [5.41, 5.74) is 2.86.